The largest absolute Gasteiger partial charge is 0.412 e. The fourth-order valence-corrected chi connectivity index (χ4v) is 3.74. The van der Waals surface area contributed by atoms with Gasteiger partial charge < -0.3 is 5.48 Å². The zero-order valence-electron chi connectivity index (χ0n) is 14.4. The third kappa shape index (κ3) is 3.42. The van der Waals surface area contributed by atoms with Gasteiger partial charge in [-0.25, -0.2) is 4.39 Å². The smallest absolute Gasteiger partial charge is 0.279 e. The molecule has 0 saturated heterocycles. The van der Waals surface area contributed by atoms with Crippen molar-refractivity contribution in [2.24, 2.45) is 4.99 Å². The van der Waals surface area contributed by atoms with Gasteiger partial charge in [0.15, 0.2) is 0 Å². The van der Waals surface area contributed by atoms with Crippen LogP contribution in [0, 0.1) is 5.82 Å². The van der Waals surface area contributed by atoms with Gasteiger partial charge in [-0.1, -0.05) is 18.2 Å². The average molecular weight is 381 g/mol. The zero-order valence-corrected chi connectivity index (χ0v) is 15.2. The first-order valence-electron chi connectivity index (χ1n) is 7.98. The van der Waals surface area contributed by atoms with E-state index in [1.54, 1.807) is 42.8 Å². The molecule has 4 aromatic rings. The van der Waals surface area contributed by atoms with Crippen molar-refractivity contribution in [1.82, 2.24) is 9.78 Å². The van der Waals surface area contributed by atoms with E-state index in [1.165, 1.54) is 16.8 Å². The first-order valence-corrected chi connectivity index (χ1v) is 8.79. The van der Waals surface area contributed by atoms with Crippen LogP contribution in [0.15, 0.2) is 70.5 Å². The van der Waals surface area contributed by atoms with Crippen LogP contribution in [0.3, 0.4) is 0 Å². The van der Waals surface area contributed by atoms with Gasteiger partial charge in [0.2, 0.25) is 0 Å². The number of aliphatic imine (C=N–C) groups is 1. The number of aromatic nitrogens is 2. The summed E-state index contributed by atoms with van der Waals surface area (Å²) in [5.41, 5.74) is 1.00. The highest BCUT2D eigenvalue weighted by Crippen LogP contribution is 2.30. The van der Waals surface area contributed by atoms with Gasteiger partial charge >= 0.3 is 0 Å². The molecule has 5 nitrogen and oxygen atoms in total. The summed E-state index contributed by atoms with van der Waals surface area (Å²) in [6.45, 7) is 0. The second-order valence-corrected chi connectivity index (χ2v) is 6.79. The van der Waals surface area contributed by atoms with Crippen molar-refractivity contribution >= 4 is 28.3 Å². The lowest BCUT2D eigenvalue weighted by molar-refractivity contribution is 0.626. The van der Waals surface area contributed by atoms with E-state index in [-0.39, 0.29) is 16.9 Å². The Labute approximate surface area is 158 Å². The molecule has 0 aliphatic carbocycles. The molecule has 2 N–H and O–H groups in total. The number of hydrogen-bond donors (Lipinski definition) is 0. The van der Waals surface area contributed by atoms with Gasteiger partial charge in [0, 0.05) is 23.5 Å². The fraction of sp³-hybridized carbons (Fsp3) is 0.0500. The topological polar surface area (TPSA) is 78.8 Å². The summed E-state index contributed by atoms with van der Waals surface area (Å²) in [6.07, 6.45) is 1.78. The van der Waals surface area contributed by atoms with E-state index in [2.05, 4.69) is 10.1 Å². The average Bonchev–Trinajstić information content (AvgIpc) is 3.12. The van der Waals surface area contributed by atoms with Gasteiger partial charge in [-0.3, -0.25) is 9.79 Å². The maximum Gasteiger partial charge on any atom is 0.279 e. The minimum atomic E-state index is -0.357. The van der Waals surface area contributed by atoms with Crippen LogP contribution in [0.2, 0.25) is 0 Å². The highest BCUT2D eigenvalue weighted by molar-refractivity contribution is 7.17. The van der Waals surface area contributed by atoms with Gasteiger partial charge in [0.1, 0.15) is 11.5 Å². The van der Waals surface area contributed by atoms with E-state index < -0.39 is 0 Å². The molecule has 0 unspecified atom stereocenters. The summed E-state index contributed by atoms with van der Waals surface area (Å²) >= 11 is 1.55. The van der Waals surface area contributed by atoms with Gasteiger partial charge in [-0.15, -0.1) is 11.3 Å². The van der Waals surface area contributed by atoms with Crippen molar-refractivity contribution < 1.29 is 9.87 Å². The third-order valence-electron chi connectivity index (χ3n) is 3.99. The normalized spacial score (nSPS) is 11.0. The van der Waals surface area contributed by atoms with E-state index in [0.717, 1.165) is 15.1 Å². The predicted molar refractivity (Wildman–Crippen MR) is 108 cm³/mol. The summed E-state index contributed by atoms with van der Waals surface area (Å²) in [7, 11) is 1.72. The first-order chi connectivity index (χ1) is 12.7. The van der Waals surface area contributed by atoms with Crippen molar-refractivity contribution in [1.29, 1.82) is 0 Å². The summed E-state index contributed by atoms with van der Waals surface area (Å²) in [6, 6.07) is 17.1. The third-order valence-corrected chi connectivity index (χ3v) is 5.02. The van der Waals surface area contributed by atoms with Crippen LogP contribution in [0.25, 0.3) is 27.0 Å². The summed E-state index contributed by atoms with van der Waals surface area (Å²) < 4.78 is 14.6. The summed E-state index contributed by atoms with van der Waals surface area (Å²) in [4.78, 5) is 18.9. The van der Waals surface area contributed by atoms with Crippen LogP contribution in [-0.4, -0.2) is 28.5 Å². The number of thiophene rings is 1. The van der Waals surface area contributed by atoms with Crippen molar-refractivity contribution in [3.63, 3.8) is 0 Å². The van der Waals surface area contributed by atoms with E-state index >= 15 is 0 Å². The lowest BCUT2D eigenvalue weighted by Crippen LogP contribution is -2.22. The molecule has 2 aromatic heterocycles. The lowest BCUT2D eigenvalue weighted by atomic mass is 10.1. The highest BCUT2D eigenvalue weighted by atomic mass is 32.1. The SMILES string of the molecule is C/N=C\c1ccc(-c2nn(-c3ccc(F)cc3)c(=O)c3ccccc23)s1.O. The Bertz CT molecular complexity index is 1180. The summed E-state index contributed by atoms with van der Waals surface area (Å²) in [5, 5.41) is 5.95. The Morgan fingerprint density at radius 1 is 1.04 bits per heavy atom. The molecule has 0 spiro atoms. The van der Waals surface area contributed by atoms with Crippen molar-refractivity contribution in [2.45, 2.75) is 0 Å². The second-order valence-electron chi connectivity index (χ2n) is 5.68. The lowest BCUT2D eigenvalue weighted by Gasteiger charge is -2.10. The first kappa shape index (κ1) is 18.6. The molecule has 2 heterocycles. The van der Waals surface area contributed by atoms with Crippen LogP contribution >= 0.6 is 11.3 Å². The molecule has 7 heteroatoms. The number of halogens is 1. The van der Waals surface area contributed by atoms with Crippen LogP contribution < -0.4 is 5.56 Å². The maximum atomic E-state index is 13.3. The summed E-state index contributed by atoms with van der Waals surface area (Å²) in [5.74, 6) is -0.357. The van der Waals surface area contributed by atoms with E-state index in [1.807, 2.05) is 30.3 Å². The molecule has 0 aliphatic heterocycles. The van der Waals surface area contributed by atoms with Crippen LogP contribution in [0.4, 0.5) is 4.39 Å². The molecule has 0 atom stereocenters. The second kappa shape index (κ2) is 7.61. The van der Waals surface area contributed by atoms with Crippen molar-refractivity contribution in [3.05, 3.63) is 81.7 Å². The monoisotopic (exact) mass is 381 g/mol. The molecule has 27 heavy (non-hydrogen) atoms. The van der Waals surface area contributed by atoms with Crippen LogP contribution in [-0.2, 0) is 0 Å². The van der Waals surface area contributed by atoms with Gasteiger partial charge in [-0.2, -0.15) is 9.78 Å². The van der Waals surface area contributed by atoms with E-state index in [4.69, 9.17) is 0 Å². The predicted octanol–water partition coefficient (Wildman–Crippen LogP) is 3.48. The number of rotatable bonds is 3. The number of fused-ring (bicyclic) bond motifs is 1. The molecule has 136 valence electrons. The van der Waals surface area contributed by atoms with Gasteiger partial charge in [0.05, 0.1) is 16.0 Å². The Hall–Kier alpha value is -3.16. The molecule has 0 saturated carbocycles. The maximum absolute atomic E-state index is 13.3. The molecule has 2 aromatic carbocycles. The number of benzene rings is 2. The molecule has 4 rings (SSSR count). The Kier molecular flexibility index (Phi) is 5.25. The van der Waals surface area contributed by atoms with Crippen molar-refractivity contribution in [2.75, 3.05) is 7.05 Å². The Balaban J connectivity index is 0.00000210. The zero-order chi connectivity index (χ0) is 18.1. The number of hydrogen-bond acceptors (Lipinski definition) is 4. The van der Waals surface area contributed by atoms with Gasteiger partial charge in [0.25, 0.3) is 5.56 Å². The Morgan fingerprint density at radius 2 is 1.74 bits per heavy atom. The molecule has 0 radical (unpaired) electrons. The fourth-order valence-electron chi connectivity index (χ4n) is 2.81. The van der Waals surface area contributed by atoms with Crippen LogP contribution in [0.1, 0.15) is 4.88 Å². The minimum absolute atomic E-state index is 0. The molecule has 0 fully saturated rings. The van der Waals surface area contributed by atoms with E-state index in [0.29, 0.717) is 16.8 Å². The Morgan fingerprint density at radius 3 is 2.44 bits per heavy atom. The molecule has 0 aliphatic rings. The minimum Gasteiger partial charge on any atom is -0.412 e. The molecule has 0 amide bonds. The van der Waals surface area contributed by atoms with Crippen LogP contribution in [0.5, 0.6) is 0 Å². The van der Waals surface area contributed by atoms with Gasteiger partial charge in [-0.05, 0) is 42.5 Å². The standard InChI is InChI=1S/C20H14FN3OS.H2O/c1-22-12-15-10-11-18(26-15)19-16-4-2-3-5-17(16)20(25)24(23-19)14-8-6-13(21)7-9-14;/h2-12H,1H3;1H2/b22-12-;. The molecular formula is C20H16FN3O2S. The number of nitrogens with zero attached hydrogens (tertiary/aromatic N) is 3. The quantitative estimate of drug-likeness (QED) is 0.509. The highest BCUT2D eigenvalue weighted by Gasteiger charge is 2.14. The molecule has 0 bridgehead atoms. The van der Waals surface area contributed by atoms with E-state index in [9.17, 15) is 9.18 Å². The molecular weight excluding hydrogens is 365 g/mol. The van der Waals surface area contributed by atoms with Crippen molar-refractivity contribution in [3.8, 4) is 16.3 Å².